The minimum Gasteiger partial charge on any atom is -0.351 e. The van der Waals surface area contributed by atoms with Gasteiger partial charge in [0.25, 0.3) is 0 Å². The quantitative estimate of drug-likeness (QED) is 0.811. The summed E-state index contributed by atoms with van der Waals surface area (Å²) >= 11 is 0. The van der Waals surface area contributed by atoms with Crippen LogP contribution in [-0.2, 0) is 14.4 Å². The van der Waals surface area contributed by atoms with Crippen LogP contribution in [0.5, 0.6) is 0 Å². The minimum atomic E-state index is -0.811. The number of carbonyl (C=O) groups excluding carboxylic acids is 3. The van der Waals surface area contributed by atoms with Crippen LogP contribution in [0.2, 0.25) is 0 Å². The molecule has 0 spiro atoms. The lowest BCUT2D eigenvalue weighted by Gasteiger charge is -2.31. The van der Waals surface area contributed by atoms with E-state index in [9.17, 15) is 23.2 Å². The van der Waals surface area contributed by atoms with Crippen molar-refractivity contribution in [2.75, 3.05) is 24.5 Å². The summed E-state index contributed by atoms with van der Waals surface area (Å²) in [4.78, 5) is 38.9. The minimum absolute atomic E-state index is 0.00664. The first-order valence-electron chi connectivity index (χ1n) is 8.86. The number of nitrogens with one attached hydrogen (secondary N) is 1. The van der Waals surface area contributed by atoms with E-state index in [2.05, 4.69) is 11.9 Å². The van der Waals surface area contributed by atoms with Crippen LogP contribution in [0.15, 0.2) is 30.9 Å². The van der Waals surface area contributed by atoms with E-state index in [0.717, 1.165) is 17.0 Å². The second kappa shape index (κ2) is 7.85. The van der Waals surface area contributed by atoms with Crippen LogP contribution in [0.1, 0.15) is 19.3 Å². The van der Waals surface area contributed by atoms with Crippen molar-refractivity contribution < 1.29 is 23.2 Å². The highest BCUT2D eigenvalue weighted by Crippen LogP contribution is 2.28. The Kier molecular flexibility index (Phi) is 5.53. The number of anilines is 1. The second-order valence-electron chi connectivity index (χ2n) is 6.79. The third-order valence-corrected chi connectivity index (χ3v) is 5.03. The number of likely N-dealkylation sites (tertiary alicyclic amines) is 1. The lowest BCUT2D eigenvalue weighted by atomic mass is 9.95. The topological polar surface area (TPSA) is 69.7 Å². The second-order valence-corrected chi connectivity index (χ2v) is 6.79. The molecule has 1 aromatic carbocycles. The zero-order valence-corrected chi connectivity index (χ0v) is 14.8. The molecular weight excluding hydrogens is 356 g/mol. The maximum absolute atomic E-state index is 13.9. The SMILES string of the molecule is C=CC(=O)N1CCC(C(=O)NC2CC(=O)N(c3c(F)cccc3F)C2)CC1. The number of hydrogen-bond donors (Lipinski definition) is 1. The van der Waals surface area contributed by atoms with E-state index in [1.807, 2.05) is 0 Å². The van der Waals surface area contributed by atoms with Crippen molar-refractivity contribution in [3.63, 3.8) is 0 Å². The number of benzene rings is 1. The van der Waals surface area contributed by atoms with Crippen LogP contribution in [0.3, 0.4) is 0 Å². The van der Waals surface area contributed by atoms with Crippen molar-refractivity contribution in [3.05, 3.63) is 42.5 Å². The summed E-state index contributed by atoms with van der Waals surface area (Å²) in [5.41, 5.74) is -0.379. The van der Waals surface area contributed by atoms with Crippen molar-refractivity contribution in [1.29, 1.82) is 0 Å². The number of carbonyl (C=O) groups is 3. The zero-order chi connectivity index (χ0) is 19.6. The van der Waals surface area contributed by atoms with Crippen LogP contribution in [0.25, 0.3) is 0 Å². The molecule has 1 atom stereocenters. The highest BCUT2D eigenvalue weighted by Gasteiger charge is 2.36. The molecule has 27 heavy (non-hydrogen) atoms. The molecule has 0 aliphatic carbocycles. The van der Waals surface area contributed by atoms with Crippen LogP contribution in [-0.4, -0.2) is 48.3 Å². The Morgan fingerprint density at radius 2 is 1.81 bits per heavy atom. The molecule has 0 saturated carbocycles. The molecule has 2 saturated heterocycles. The molecule has 0 radical (unpaired) electrons. The molecular formula is C19H21F2N3O3. The molecule has 6 nitrogen and oxygen atoms in total. The van der Waals surface area contributed by atoms with Gasteiger partial charge in [0.1, 0.15) is 17.3 Å². The van der Waals surface area contributed by atoms with Gasteiger partial charge in [0.15, 0.2) is 0 Å². The van der Waals surface area contributed by atoms with Gasteiger partial charge in [-0.3, -0.25) is 14.4 Å². The van der Waals surface area contributed by atoms with E-state index in [1.165, 1.54) is 12.1 Å². The molecule has 2 aliphatic heterocycles. The lowest BCUT2D eigenvalue weighted by Crippen LogP contribution is -2.45. The first-order valence-corrected chi connectivity index (χ1v) is 8.86. The Morgan fingerprint density at radius 1 is 1.19 bits per heavy atom. The van der Waals surface area contributed by atoms with Crippen LogP contribution >= 0.6 is 0 Å². The third-order valence-electron chi connectivity index (χ3n) is 5.03. The molecule has 8 heteroatoms. The molecule has 144 valence electrons. The molecule has 2 heterocycles. The summed E-state index contributed by atoms with van der Waals surface area (Å²) in [6, 6.07) is 2.92. The van der Waals surface area contributed by atoms with Crippen molar-refractivity contribution >= 4 is 23.4 Å². The highest BCUT2D eigenvalue weighted by molar-refractivity contribution is 5.97. The predicted octanol–water partition coefficient (Wildman–Crippen LogP) is 1.61. The van der Waals surface area contributed by atoms with Gasteiger partial charge >= 0.3 is 0 Å². The van der Waals surface area contributed by atoms with Crippen molar-refractivity contribution in [1.82, 2.24) is 10.2 Å². The fourth-order valence-corrected chi connectivity index (χ4v) is 3.58. The molecule has 3 amide bonds. The lowest BCUT2D eigenvalue weighted by molar-refractivity contribution is -0.132. The fraction of sp³-hybridized carbons (Fsp3) is 0.421. The number of amides is 3. The standard InChI is InChI=1S/C19H21F2N3O3/c1-2-16(25)23-8-6-12(7-9-23)19(27)22-13-10-17(26)24(11-13)18-14(20)4-3-5-15(18)21/h2-5,12-13H,1,6-11H2,(H,22,27). The normalized spacial score (nSPS) is 20.7. The Bertz CT molecular complexity index is 755. The summed E-state index contributed by atoms with van der Waals surface area (Å²) in [5.74, 6) is -2.67. The Balaban J connectivity index is 1.58. The number of para-hydroxylation sites is 1. The van der Waals surface area contributed by atoms with Gasteiger partial charge in [0.2, 0.25) is 17.7 Å². The molecule has 1 N–H and O–H groups in total. The van der Waals surface area contributed by atoms with E-state index in [4.69, 9.17) is 0 Å². The maximum atomic E-state index is 13.9. The maximum Gasteiger partial charge on any atom is 0.245 e. The van der Waals surface area contributed by atoms with Gasteiger partial charge < -0.3 is 15.1 Å². The Morgan fingerprint density at radius 3 is 2.41 bits per heavy atom. The average molecular weight is 377 g/mol. The fourth-order valence-electron chi connectivity index (χ4n) is 3.58. The van der Waals surface area contributed by atoms with E-state index in [1.54, 1.807) is 4.90 Å². The molecule has 0 aromatic heterocycles. The van der Waals surface area contributed by atoms with Crippen LogP contribution in [0.4, 0.5) is 14.5 Å². The number of halogens is 2. The van der Waals surface area contributed by atoms with Gasteiger partial charge in [-0.2, -0.15) is 0 Å². The summed E-state index contributed by atoms with van der Waals surface area (Å²) in [6.07, 6.45) is 2.30. The van der Waals surface area contributed by atoms with Gasteiger partial charge in [-0.1, -0.05) is 12.6 Å². The number of nitrogens with zero attached hydrogens (tertiary/aromatic N) is 2. The van der Waals surface area contributed by atoms with E-state index in [0.29, 0.717) is 25.9 Å². The van der Waals surface area contributed by atoms with E-state index < -0.39 is 23.6 Å². The first-order chi connectivity index (χ1) is 12.9. The van der Waals surface area contributed by atoms with Gasteiger partial charge in [0, 0.05) is 32.0 Å². The molecule has 2 aliphatic rings. The van der Waals surface area contributed by atoms with E-state index >= 15 is 0 Å². The Labute approximate surface area is 155 Å². The molecule has 1 unspecified atom stereocenters. The monoisotopic (exact) mass is 377 g/mol. The predicted molar refractivity (Wildman–Crippen MR) is 94.8 cm³/mol. The largest absolute Gasteiger partial charge is 0.351 e. The smallest absolute Gasteiger partial charge is 0.245 e. The van der Waals surface area contributed by atoms with Gasteiger partial charge in [-0.15, -0.1) is 0 Å². The average Bonchev–Trinajstić information content (AvgIpc) is 3.01. The van der Waals surface area contributed by atoms with Crippen LogP contribution < -0.4 is 10.2 Å². The molecule has 2 fully saturated rings. The summed E-state index contributed by atoms with van der Waals surface area (Å²) < 4.78 is 27.9. The summed E-state index contributed by atoms with van der Waals surface area (Å²) in [6.45, 7) is 4.42. The van der Waals surface area contributed by atoms with Gasteiger partial charge in [-0.05, 0) is 31.1 Å². The highest BCUT2D eigenvalue weighted by atomic mass is 19.1. The third kappa shape index (κ3) is 3.99. The summed E-state index contributed by atoms with van der Waals surface area (Å²) in [7, 11) is 0. The van der Waals surface area contributed by atoms with Gasteiger partial charge in [-0.25, -0.2) is 8.78 Å². The summed E-state index contributed by atoms with van der Waals surface area (Å²) in [5, 5.41) is 2.81. The van der Waals surface area contributed by atoms with Crippen LogP contribution in [0, 0.1) is 17.6 Å². The number of rotatable bonds is 4. The van der Waals surface area contributed by atoms with Gasteiger partial charge in [0.05, 0.1) is 6.04 Å². The number of piperidine rings is 1. The molecule has 0 bridgehead atoms. The van der Waals surface area contributed by atoms with E-state index in [-0.39, 0.29) is 36.4 Å². The molecule has 3 rings (SSSR count). The van der Waals surface area contributed by atoms with Crippen molar-refractivity contribution in [2.24, 2.45) is 5.92 Å². The Hall–Kier alpha value is -2.77. The molecule has 1 aromatic rings. The van der Waals surface area contributed by atoms with Crippen molar-refractivity contribution in [2.45, 2.75) is 25.3 Å². The first kappa shape index (κ1) is 19.0. The van der Waals surface area contributed by atoms with Crippen molar-refractivity contribution in [3.8, 4) is 0 Å². The zero-order valence-electron chi connectivity index (χ0n) is 14.8. The number of hydrogen-bond acceptors (Lipinski definition) is 3.